The van der Waals surface area contributed by atoms with Crippen LogP contribution in [0.4, 0.5) is 0 Å². The molecule has 0 aliphatic carbocycles. The lowest BCUT2D eigenvalue weighted by molar-refractivity contribution is 0.143. The van der Waals surface area contributed by atoms with Crippen molar-refractivity contribution in [3.05, 3.63) is 12.7 Å². The molecule has 0 bridgehead atoms. The van der Waals surface area contributed by atoms with Crippen molar-refractivity contribution in [2.24, 2.45) is 0 Å². The van der Waals surface area contributed by atoms with Crippen molar-refractivity contribution in [1.82, 2.24) is 4.89 Å². The first-order valence-electron chi connectivity index (χ1n) is 1.85. The monoisotopic (exact) mass is 136 g/mol. The van der Waals surface area contributed by atoms with Crippen LogP contribution < -0.4 is 4.89 Å². The van der Waals surface area contributed by atoms with Gasteiger partial charge in [-0.2, -0.15) is 0 Å². The normalized spacial score (nSPS) is 11.1. The lowest BCUT2D eigenvalue weighted by atomic mass is 10.8. The Labute approximate surface area is 47.8 Å². The van der Waals surface area contributed by atoms with Gasteiger partial charge in [-0.3, -0.25) is 0 Å². The van der Waals surface area contributed by atoms with Crippen molar-refractivity contribution < 1.29 is 13.6 Å². The SMILES string of the molecule is C=CCS(=O)(=O)N[O]. The maximum atomic E-state index is 10.1. The molecule has 5 heteroatoms. The highest BCUT2D eigenvalue weighted by Crippen LogP contribution is 1.79. The van der Waals surface area contributed by atoms with Gasteiger partial charge >= 0.3 is 0 Å². The molecular weight excluding hydrogens is 130 g/mol. The molecule has 4 nitrogen and oxygen atoms in total. The Morgan fingerprint density at radius 1 is 1.62 bits per heavy atom. The zero-order chi connectivity index (χ0) is 6.62. The first-order valence-corrected chi connectivity index (χ1v) is 3.50. The van der Waals surface area contributed by atoms with Crippen molar-refractivity contribution in [3.8, 4) is 0 Å². The molecule has 0 rings (SSSR count). The van der Waals surface area contributed by atoms with E-state index < -0.39 is 10.0 Å². The summed E-state index contributed by atoms with van der Waals surface area (Å²) in [5.41, 5.74) is 0. The van der Waals surface area contributed by atoms with Crippen LogP contribution in [-0.2, 0) is 15.2 Å². The van der Waals surface area contributed by atoms with Gasteiger partial charge in [0.05, 0.1) is 5.75 Å². The summed E-state index contributed by atoms with van der Waals surface area (Å²) in [6.45, 7) is 3.14. The minimum atomic E-state index is -3.59. The molecule has 8 heavy (non-hydrogen) atoms. The standard InChI is InChI=1S/C3H6NO3S/c1-2-3-8(6,7)4-5/h2,4H,1,3H2. The Balaban J connectivity index is 3.94. The van der Waals surface area contributed by atoms with Crippen LogP contribution >= 0.6 is 0 Å². The van der Waals surface area contributed by atoms with E-state index in [0.29, 0.717) is 0 Å². The summed E-state index contributed by atoms with van der Waals surface area (Å²) in [4.78, 5) is 0.893. The zero-order valence-corrected chi connectivity index (χ0v) is 4.94. The average molecular weight is 136 g/mol. The number of sulfonamides is 1. The van der Waals surface area contributed by atoms with E-state index in [9.17, 15) is 13.6 Å². The third-order valence-corrected chi connectivity index (χ3v) is 1.39. The highest BCUT2D eigenvalue weighted by molar-refractivity contribution is 7.89. The minimum absolute atomic E-state index is 0.323. The van der Waals surface area contributed by atoms with Crippen LogP contribution in [0.15, 0.2) is 12.7 Å². The molecule has 0 heterocycles. The van der Waals surface area contributed by atoms with Gasteiger partial charge in [0.15, 0.2) is 0 Å². The second-order valence-corrected chi connectivity index (χ2v) is 2.88. The van der Waals surface area contributed by atoms with Crippen LogP contribution in [0.1, 0.15) is 0 Å². The van der Waals surface area contributed by atoms with Gasteiger partial charge < -0.3 is 0 Å². The lowest BCUT2D eigenvalue weighted by Gasteiger charge is -1.89. The third kappa shape index (κ3) is 2.73. The smallest absolute Gasteiger partial charge is 0.210 e. The second-order valence-electron chi connectivity index (χ2n) is 1.15. The molecule has 0 aromatic carbocycles. The molecule has 0 amide bonds. The van der Waals surface area contributed by atoms with E-state index in [1.54, 1.807) is 0 Å². The quantitative estimate of drug-likeness (QED) is 0.417. The second kappa shape index (κ2) is 2.81. The maximum Gasteiger partial charge on any atom is 0.239 e. The highest BCUT2D eigenvalue weighted by Gasteiger charge is 2.02. The molecule has 1 radical (unpaired) electrons. The number of hydrogen-bond donors (Lipinski definition) is 1. The van der Waals surface area contributed by atoms with Gasteiger partial charge in [0.25, 0.3) is 0 Å². The van der Waals surface area contributed by atoms with Gasteiger partial charge in [0.2, 0.25) is 10.0 Å². The fourth-order valence-electron chi connectivity index (χ4n) is 0.189. The van der Waals surface area contributed by atoms with Crippen LogP contribution in [0.2, 0.25) is 0 Å². The molecule has 0 aliphatic heterocycles. The van der Waals surface area contributed by atoms with Crippen LogP contribution in [0.3, 0.4) is 0 Å². The van der Waals surface area contributed by atoms with Gasteiger partial charge in [-0.05, 0) is 0 Å². The van der Waals surface area contributed by atoms with E-state index in [-0.39, 0.29) is 5.75 Å². The molecule has 0 spiro atoms. The predicted molar refractivity (Wildman–Crippen MR) is 27.8 cm³/mol. The van der Waals surface area contributed by atoms with Gasteiger partial charge in [0, 0.05) is 0 Å². The molecule has 0 aromatic heterocycles. The molecular formula is C3H6NO3S. The Morgan fingerprint density at radius 3 is 2.25 bits per heavy atom. The van der Waals surface area contributed by atoms with Crippen molar-refractivity contribution in [2.75, 3.05) is 5.75 Å². The number of rotatable bonds is 3. The van der Waals surface area contributed by atoms with Crippen LogP contribution in [0.5, 0.6) is 0 Å². The van der Waals surface area contributed by atoms with Gasteiger partial charge in [-0.25, -0.2) is 8.42 Å². The Kier molecular flexibility index (Phi) is 2.67. The molecule has 0 aromatic rings. The summed E-state index contributed by atoms with van der Waals surface area (Å²) >= 11 is 0. The van der Waals surface area contributed by atoms with Crippen molar-refractivity contribution in [2.45, 2.75) is 0 Å². The molecule has 0 saturated carbocycles. The summed E-state index contributed by atoms with van der Waals surface area (Å²) in [6, 6.07) is 0. The van der Waals surface area contributed by atoms with E-state index in [2.05, 4.69) is 6.58 Å². The topological polar surface area (TPSA) is 66.1 Å². The Bertz CT molecular complexity index is 159. The summed E-state index contributed by atoms with van der Waals surface area (Å²) in [7, 11) is -3.59. The van der Waals surface area contributed by atoms with E-state index in [0.717, 1.165) is 11.0 Å². The predicted octanol–water partition coefficient (Wildman–Crippen LogP) is -0.563. The molecule has 47 valence electrons. The van der Waals surface area contributed by atoms with E-state index in [4.69, 9.17) is 0 Å². The molecule has 0 fully saturated rings. The number of hydrogen-bond acceptors (Lipinski definition) is 2. The fraction of sp³-hybridized carbons (Fsp3) is 0.333. The first-order chi connectivity index (χ1) is 3.62. The fourth-order valence-corrected chi connectivity index (χ4v) is 0.568. The van der Waals surface area contributed by atoms with E-state index in [1.807, 2.05) is 0 Å². The van der Waals surface area contributed by atoms with Gasteiger partial charge in [0.1, 0.15) is 0 Å². The molecule has 0 saturated heterocycles. The molecule has 0 atom stereocenters. The lowest BCUT2D eigenvalue weighted by Crippen LogP contribution is -2.19. The van der Waals surface area contributed by atoms with Crippen LogP contribution in [0, 0.1) is 0 Å². The molecule has 1 N–H and O–H groups in total. The van der Waals surface area contributed by atoms with Crippen molar-refractivity contribution >= 4 is 10.0 Å². The maximum absolute atomic E-state index is 10.1. The zero-order valence-electron chi connectivity index (χ0n) is 4.12. The molecule has 0 unspecified atom stereocenters. The van der Waals surface area contributed by atoms with Crippen LogP contribution in [0.25, 0.3) is 0 Å². The Hall–Kier alpha value is -0.390. The first kappa shape index (κ1) is 7.61. The van der Waals surface area contributed by atoms with Crippen LogP contribution in [-0.4, -0.2) is 14.2 Å². The summed E-state index contributed by atoms with van der Waals surface area (Å²) in [5.74, 6) is -0.323. The van der Waals surface area contributed by atoms with Gasteiger partial charge in [-0.15, -0.1) is 11.8 Å². The third-order valence-electron chi connectivity index (χ3n) is 0.464. The highest BCUT2D eigenvalue weighted by atomic mass is 32.2. The summed E-state index contributed by atoms with van der Waals surface area (Å²) < 4.78 is 20.2. The van der Waals surface area contributed by atoms with Crippen molar-refractivity contribution in [1.29, 1.82) is 0 Å². The minimum Gasteiger partial charge on any atom is -0.210 e. The summed E-state index contributed by atoms with van der Waals surface area (Å²) in [5, 5.41) is 9.46. The Morgan fingerprint density at radius 2 is 2.12 bits per heavy atom. The largest absolute Gasteiger partial charge is 0.239 e. The van der Waals surface area contributed by atoms with E-state index in [1.165, 1.54) is 0 Å². The average Bonchev–Trinajstić information content (AvgIpc) is 1.67. The van der Waals surface area contributed by atoms with E-state index >= 15 is 0 Å². The van der Waals surface area contributed by atoms with Crippen molar-refractivity contribution in [3.63, 3.8) is 0 Å². The van der Waals surface area contributed by atoms with Gasteiger partial charge in [-0.1, -0.05) is 11.0 Å². The number of nitrogens with one attached hydrogen (secondary N) is 1. The molecule has 0 aliphatic rings. The summed E-state index contributed by atoms with van der Waals surface area (Å²) in [6.07, 6.45) is 1.14.